The van der Waals surface area contributed by atoms with Gasteiger partial charge in [-0.25, -0.2) is 0 Å². The lowest BCUT2D eigenvalue weighted by Crippen LogP contribution is -1.98. The zero-order chi connectivity index (χ0) is 7.72. The van der Waals surface area contributed by atoms with Crippen molar-refractivity contribution in [2.24, 2.45) is 0 Å². The Morgan fingerprint density at radius 2 is 2.10 bits per heavy atom. The molecule has 0 unspecified atom stereocenters. The second-order valence-corrected chi connectivity index (χ2v) is 3.34. The van der Waals surface area contributed by atoms with Crippen molar-refractivity contribution in [3.63, 3.8) is 0 Å². The Morgan fingerprint density at radius 3 is 2.30 bits per heavy atom. The van der Waals surface area contributed by atoms with Crippen LogP contribution in [0.3, 0.4) is 0 Å². The Morgan fingerprint density at radius 1 is 1.50 bits per heavy atom. The van der Waals surface area contributed by atoms with Crippen molar-refractivity contribution in [1.82, 2.24) is 9.78 Å². The summed E-state index contributed by atoms with van der Waals surface area (Å²) < 4.78 is 3.15. The van der Waals surface area contributed by atoms with Gasteiger partial charge in [0.05, 0.1) is 0 Å². The summed E-state index contributed by atoms with van der Waals surface area (Å²) in [5, 5.41) is 4.33. The van der Waals surface area contributed by atoms with Crippen LogP contribution in [0.5, 0.6) is 0 Å². The maximum Gasteiger partial charge on any atom is 0.126 e. The topological polar surface area (TPSA) is 17.8 Å². The Kier molecular flexibility index (Phi) is 2.33. The first-order valence-corrected chi connectivity index (χ1v) is 4.44. The number of hydrogen-bond donors (Lipinski definition) is 0. The summed E-state index contributed by atoms with van der Waals surface area (Å²) in [7, 11) is 0. The highest BCUT2D eigenvalue weighted by Gasteiger charge is 2.05. The molecule has 0 spiro atoms. The molecule has 0 aromatic carbocycles. The molecule has 0 saturated carbocycles. The average Bonchev–Trinajstić information content (AvgIpc) is 2.17. The van der Waals surface area contributed by atoms with E-state index >= 15 is 0 Å². The van der Waals surface area contributed by atoms with Gasteiger partial charge in [-0.15, -0.1) is 0 Å². The number of nitrogens with zero attached hydrogens (tertiary/aromatic N) is 2. The maximum atomic E-state index is 4.33. The summed E-state index contributed by atoms with van der Waals surface area (Å²) in [5.74, 6) is 0. The highest BCUT2D eigenvalue weighted by Crippen LogP contribution is 2.13. The molecule has 0 bridgehead atoms. The summed E-state index contributed by atoms with van der Waals surface area (Å²) in [4.78, 5) is 0. The van der Waals surface area contributed by atoms with E-state index in [0.717, 1.165) is 10.2 Å². The fraction of sp³-hybridized carbons (Fsp3) is 0.571. The van der Waals surface area contributed by atoms with Gasteiger partial charge >= 0.3 is 0 Å². The summed E-state index contributed by atoms with van der Waals surface area (Å²) >= 11 is 2.26. The molecule has 1 rings (SSSR count). The normalized spacial score (nSPS) is 10.4. The first-order chi connectivity index (χ1) is 4.66. The van der Waals surface area contributed by atoms with Crippen LogP contribution in [0.15, 0.2) is 0 Å². The zero-order valence-electron chi connectivity index (χ0n) is 6.48. The minimum atomic E-state index is 0.968. The average molecular weight is 250 g/mol. The lowest BCUT2D eigenvalue weighted by atomic mass is 10.3. The number of hydrogen-bond acceptors (Lipinski definition) is 1. The van der Waals surface area contributed by atoms with Gasteiger partial charge < -0.3 is 0 Å². The van der Waals surface area contributed by atoms with Crippen molar-refractivity contribution < 1.29 is 0 Å². The Bertz CT molecular complexity index is 240. The van der Waals surface area contributed by atoms with E-state index in [1.54, 1.807) is 0 Å². The van der Waals surface area contributed by atoms with Crippen LogP contribution in [0.4, 0.5) is 0 Å². The van der Waals surface area contributed by atoms with Crippen LogP contribution in [-0.4, -0.2) is 9.78 Å². The van der Waals surface area contributed by atoms with Crippen LogP contribution in [0, 0.1) is 17.5 Å². The van der Waals surface area contributed by atoms with Crippen molar-refractivity contribution in [3.8, 4) is 0 Å². The minimum absolute atomic E-state index is 0.968. The Balaban J connectivity index is 3.17. The first-order valence-electron chi connectivity index (χ1n) is 3.36. The van der Waals surface area contributed by atoms with E-state index in [1.807, 2.05) is 4.68 Å². The third-order valence-corrected chi connectivity index (χ3v) is 2.77. The molecule has 1 aromatic heterocycles. The molecule has 0 saturated heterocycles. The van der Waals surface area contributed by atoms with Gasteiger partial charge in [0.25, 0.3) is 0 Å². The molecule has 56 valence electrons. The van der Waals surface area contributed by atoms with Gasteiger partial charge in [0.1, 0.15) is 3.70 Å². The van der Waals surface area contributed by atoms with Crippen LogP contribution < -0.4 is 0 Å². The molecule has 0 aliphatic carbocycles. The fourth-order valence-electron chi connectivity index (χ4n) is 0.907. The Labute approximate surface area is 74.8 Å². The van der Waals surface area contributed by atoms with Gasteiger partial charge in [-0.2, -0.15) is 5.10 Å². The van der Waals surface area contributed by atoms with E-state index in [2.05, 4.69) is 48.5 Å². The van der Waals surface area contributed by atoms with E-state index < -0.39 is 0 Å². The molecule has 0 N–H and O–H groups in total. The summed E-state index contributed by atoms with van der Waals surface area (Å²) in [6.45, 7) is 7.29. The van der Waals surface area contributed by atoms with Gasteiger partial charge in [0.2, 0.25) is 0 Å². The maximum absolute atomic E-state index is 4.33. The summed E-state index contributed by atoms with van der Waals surface area (Å²) in [5.41, 5.74) is 2.59. The molecular weight excluding hydrogens is 239 g/mol. The van der Waals surface area contributed by atoms with E-state index in [1.165, 1.54) is 11.3 Å². The van der Waals surface area contributed by atoms with Gasteiger partial charge in [-0.05, 0) is 43.4 Å². The number of aryl methyl sites for hydroxylation is 1. The molecule has 0 radical (unpaired) electrons. The van der Waals surface area contributed by atoms with Gasteiger partial charge in [0, 0.05) is 17.8 Å². The number of aromatic nitrogens is 2. The van der Waals surface area contributed by atoms with E-state index in [0.29, 0.717) is 0 Å². The highest BCUT2D eigenvalue weighted by molar-refractivity contribution is 14.1. The van der Waals surface area contributed by atoms with Crippen LogP contribution in [0.1, 0.15) is 18.2 Å². The predicted octanol–water partition coefficient (Wildman–Crippen LogP) is 2.12. The molecule has 0 aliphatic rings. The monoisotopic (exact) mass is 250 g/mol. The molecule has 0 aliphatic heterocycles. The largest absolute Gasteiger partial charge is 0.269 e. The first kappa shape index (κ1) is 8.04. The third-order valence-electron chi connectivity index (χ3n) is 1.75. The van der Waals surface area contributed by atoms with Crippen LogP contribution >= 0.6 is 22.6 Å². The molecule has 3 heteroatoms. The molecule has 0 amide bonds. The highest BCUT2D eigenvalue weighted by atomic mass is 127. The van der Waals surface area contributed by atoms with E-state index in [4.69, 9.17) is 0 Å². The van der Waals surface area contributed by atoms with Crippen molar-refractivity contribution in [2.45, 2.75) is 27.3 Å². The molecule has 10 heavy (non-hydrogen) atoms. The van der Waals surface area contributed by atoms with Crippen LogP contribution in [-0.2, 0) is 6.54 Å². The fourth-order valence-corrected chi connectivity index (χ4v) is 1.56. The van der Waals surface area contributed by atoms with Gasteiger partial charge in [-0.1, -0.05) is 0 Å². The molecule has 0 fully saturated rings. The van der Waals surface area contributed by atoms with E-state index in [-0.39, 0.29) is 0 Å². The Hall–Kier alpha value is -0.0600. The smallest absolute Gasteiger partial charge is 0.126 e. The summed E-state index contributed by atoms with van der Waals surface area (Å²) in [6.07, 6.45) is 0. The quantitative estimate of drug-likeness (QED) is 0.698. The van der Waals surface area contributed by atoms with Gasteiger partial charge in [-0.3, -0.25) is 4.68 Å². The predicted molar refractivity (Wildman–Crippen MR) is 50.1 cm³/mol. The van der Waals surface area contributed by atoms with Gasteiger partial charge in [0.15, 0.2) is 0 Å². The molecule has 1 aromatic rings. The standard InChI is InChI=1S/C7H11IN2/c1-4-10-6(3)5(2)7(8)9-10/h4H2,1-3H3. The van der Waals surface area contributed by atoms with Crippen LogP contribution in [0.25, 0.3) is 0 Å². The lowest BCUT2D eigenvalue weighted by molar-refractivity contribution is 0.635. The SMILES string of the molecule is CCn1nc(I)c(C)c1C. The van der Waals surface area contributed by atoms with E-state index in [9.17, 15) is 0 Å². The molecule has 2 nitrogen and oxygen atoms in total. The van der Waals surface area contributed by atoms with Crippen molar-refractivity contribution in [2.75, 3.05) is 0 Å². The number of halogens is 1. The minimum Gasteiger partial charge on any atom is -0.269 e. The third kappa shape index (κ3) is 1.19. The summed E-state index contributed by atoms with van der Waals surface area (Å²) in [6, 6.07) is 0. The number of rotatable bonds is 1. The second kappa shape index (κ2) is 2.90. The molecular formula is C7H11IN2. The zero-order valence-corrected chi connectivity index (χ0v) is 8.64. The van der Waals surface area contributed by atoms with Crippen molar-refractivity contribution in [1.29, 1.82) is 0 Å². The molecule has 1 heterocycles. The van der Waals surface area contributed by atoms with Crippen LogP contribution in [0.2, 0.25) is 0 Å². The second-order valence-electron chi connectivity index (χ2n) is 2.32. The van der Waals surface area contributed by atoms with Crippen molar-refractivity contribution in [3.05, 3.63) is 15.0 Å². The molecule has 0 atom stereocenters. The van der Waals surface area contributed by atoms with Crippen molar-refractivity contribution >= 4 is 22.6 Å². The lowest BCUT2D eigenvalue weighted by Gasteiger charge is -1.96.